The zero-order valence-electron chi connectivity index (χ0n) is 10.0. The molecule has 2 aromatic rings. The highest BCUT2D eigenvalue weighted by atomic mass is 79.9. The van der Waals surface area contributed by atoms with Gasteiger partial charge in [0.05, 0.1) is 18.0 Å². The topological polar surface area (TPSA) is 67.1 Å². The standard InChI is InChI=1S/C11H14BrN5O/c1-16-10-8(9(12)15-16)11(14-6-13-10)17-4-2-3-7(17)5-18/h6-7,18H,2-5H2,1H3/t7-/m1/s1. The Morgan fingerprint density at radius 1 is 1.50 bits per heavy atom. The van der Waals surface area contributed by atoms with Crippen LogP contribution in [-0.2, 0) is 7.05 Å². The van der Waals surface area contributed by atoms with Crippen LogP contribution in [0.2, 0.25) is 0 Å². The lowest BCUT2D eigenvalue weighted by atomic mass is 10.2. The Labute approximate surface area is 113 Å². The Morgan fingerprint density at radius 2 is 2.33 bits per heavy atom. The molecule has 1 atom stereocenters. The highest BCUT2D eigenvalue weighted by molar-refractivity contribution is 9.10. The van der Waals surface area contributed by atoms with Crippen LogP contribution < -0.4 is 4.90 Å². The summed E-state index contributed by atoms with van der Waals surface area (Å²) < 4.78 is 2.48. The van der Waals surface area contributed by atoms with Crippen molar-refractivity contribution >= 4 is 32.8 Å². The van der Waals surface area contributed by atoms with E-state index in [9.17, 15) is 5.11 Å². The van der Waals surface area contributed by atoms with Gasteiger partial charge in [-0.1, -0.05) is 0 Å². The molecule has 1 saturated heterocycles. The molecule has 0 aromatic carbocycles. The van der Waals surface area contributed by atoms with Gasteiger partial charge < -0.3 is 10.0 Å². The zero-order valence-corrected chi connectivity index (χ0v) is 11.6. The van der Waals surface area contributed by atoms with Crippen LogP contribution in [0.3, 0.4) is 0 Å². The van der Waals surface area contributed by atoms with Gasteiger partial charge in [0, 0.05) is 13.6 Å². The minimum absolute atomic E-state index is 0.148. The van der Waals surface area contributed by atoms with E-state index in [1.807, 2.05) is 7.05 Å². The SMILES string of the molecule is Cn1nc(Br)c2c(N3CCC[C@@H]3CO)ncnc21. The highest BCUT2D eigenvalue weighted by Crippen LogP contribution is 2.33. The molecule has 6 nitrogen and oxygen atoms in total. The number of hydrogen-bond acceptors (Lipinski definition) is 5. The number of aryl methyl sites for hydroxylation is 1. The molecule has 1 N–H and O–H groups in total. The first-order valence-corrected chi connectivity index (χ1v) is 6.72. The van der Waals surface area contributed by atoms with E-state index in [1.54, 1.807) is 11.0 Å². The van der Waals surface area contributed by atoms with E-state index in [1.165, 1.54) is 0 Å². The normalized spacial score (nSPS) is 19.9. The quantitative estimate of drug-likeness (QED) is 0.899. The van der Waals surface area contributed by atoms with Crippen LogP contribution in [0.15, 0.2) is 10.9 Å². The number of nitrogens with zero attached hydrogens (tertiary/aromatic N) is 5. The van der Waals surface area contributed by atoms with E-state index in [0.29, 0.717) is 0 Å². The third-order valence-corrected chi connectivity index (χ3v) is 3.97. The van der Waals surface area contributed by atoms with E-state index in [-0.39, 0.29) is 12.6 Å². The van der Waals surface area contributed by atoms with Crippen molar-refractivity contribution in [3.05, 3.63) is 10.9 Å². The number of aliphatic hydroxyl groups is 1. The molecule has 2 aromatic heterocycles. The number of hydrogen-bond donors (Lipinski definition) is 1. The maximum absolute atomic E-state index is 9.43. The molecule has 0 saturated carbocycles. The summed E-state index contributed by atoms with van der Waals surface area (Å²) in [5.41, 5.74) is 0.801. The summed E-state index contributed by atoms with van der Waals surface area (Å²) in [5.74, 6) is 0.858. The van der Waals surface area contributed by atoms with Gasteiger partial charge in [0.15, 0.2) is 5.65 Å². The summed E-state index contributed by atoms with van der Waals surface area (Å²) in [6.07, 6.45) is 3.63. The molecular weight excluding hydrogens is 298 g/mol. The fourth-order valence-electron chi connectivity index (χ4n) is 2.55. The van der Waals surface area contributed by atoms with Crippen molar-refractivity contribution in [2.75, 3.05) is 18.1 Å². The molecule has 0 radical (unpaired) electrons. The van der Waals surface area contributed by atoms with E-state index < -0.39 is 0 Å². The Morgan fingerprint density at radius 3 is 3.11 bits per heavy atom. The molecule has 3 rings (SSSR count). The number of aromatic nitrogens is 4. The van der Waals surface area contributed by atoms with Gasteiger partial charge in [0.1, 0.15) is 16.7 Å². The molecule has 0 bridgehead atoms. The second kappa shape index (κ2) is 4.47. The van der Waals surface area contributed by atoms with Gasteiger partial charge >= 0.3 is 0 Å². The fourth-order valence-corrected chi connectivity index (χ4v) is 3.14. The van der Waals surface area contributed by atoms with E-state index in [2.05, 4.69) is 35.9 Å². The van der Waals surface area contributed by atoms with Gasteiger partial charge in [-0.2, -0.15) is 5.10 Å². The molecule has 1 aliphatic rings. The predicted molar refractivity (Wildman–Crippen MR) is 71.5 cm³/mol. The fraction of sp³-hybridized carbons (Fsp3) is 0.545. The van der Waals surface area contributed by atoms with Crippen LogP contribution in [0, 0.1) is 0 Å². The first kappa shape index (κ1) is 11.9. The highest BCUT2D eigenvalue weighted by Gasteiger charge is 2.28. The van der Waals surface area contributed by atoms with E-state index in [4.69, 9.17) is 0 Å². The van der Waals surface area contributed by atoms with Crippen molar-refractivity contribution in [1.82, 2.24) is 19.7 Å². The van der Waals surface area contributed by atoms with Crippen molar-refractivity contribution < 1.29 is 5.11 Å². The first-order valence-electron chi connectivity index (χ1n) is 5.93. The second-order valence-electron chi connectivity index (χ2n) is 4.48. The lowest BCUT2D eigenvalue weighted by Gasteiger charge is -2.24. The molecule has 0 spiro atoms. The predicted octanol–water partition coefficient (Wildman–Crippen LogP) is 1.09. The Hall–Kier alpha value is -1.21. The third kappa shape index (κ3) is 1.69. The van der Waals surface area contributed by atoms with Gasteiger partial charge in [-0.25, -0.2) is 14.6 Å². The van der Waals surface area contributed by atoms with Gasteiger partial charge in [-0.15, -0.1) is 0 Å². The van der Waals surface area contributed by atoms with Crippen molar-refractivity contribution in [3.8, 4) is 0 Å². The summed E-state index contributed by atoms with van der Waals surface area (Å²) in [5, 5.41) is 14.7. The third-order valence-electron chi connectivity index (χ3n) is 3.42. The van der Waals surface area contributed by atoms with E-state index >= 15 is 0 Å². The van der Waals surface area contributed by atoms with Crippen LogP contribution in [0.1, 0.15) is 12.8 Å². The monoisotopic (exact) mass is 311 g/mol. The number of halogens is 1. The summed E-state index contributed by atoms with van der Waals surface area (Å²) in [6.45, 7) is 1.07. The number of fused-ring (bicyclic) bond motifs is 1. The van der Waals surface area contributed by atoms with Crippen molar-refractivity contribution in [2.24, 2.45) is 7.05 Å². The Bertz CT molecular complexity index is 584. The minimum atomic E-state index is 0.148. The molecule has 3 heterocycles. The summed E-state index contributed by atoms with van der Waals surface area (Å²) in [6, 6.07) is 0.148. The zero-order chi connectivity index (χ0) is 12.7. The molecule has 0 aliphatic carbocycles. The maximum atomic E-state index is 9.43. The molecule has 1 aliphatic heterocycles. The van der Waals surface area contributed by atoms with Crippen LogP contribution in [0.4, 0.5) is 5.82 Å². The molecule has 0 amide bonds. The molecule has 18 heavy (non-hydrogen) atoms. The molecule has 0 unspecified atom stereocenters. The first-order chi connectivity index (χ1) is 8.72. The number of anilines is 1. The molecule has 1 fully saturated rings. The largest absolute Gasteiger partial charge is 0.394 e. The average molecular weight is 312 g/mol. The van der Waals surface area contributed by atoms with Crippen molar-refractivity contribution in [1.29, 1.82) is 0 Å². The average Bonchev–Trinajstić information content (AvgIpc) is 2.95. The second-order valence-corrected chi connectivity index (χ2v) is 5.23. The van der Waals surface area contributed by atoms with Gasteiger partial charge in [-0.3, -0.25) is 0 Å². The van der Waals surface area contributed by atoms with Crippen LogP contribution in [0.5, 0.6) is 0 Å². The van der Waals surface area contributed by atoms with Crippen LogP contribution in [-0.4, -0.2) is 44.0 Å². The Kier molecular flexibility index (Phi) is 2.95. The lowest BCUT2D eigenvalue weighted by Crippen LogP contribution is -2.32. The molecule has 7 heteroatoms. The maximum Gasteiger partial charge on any atom is 0.164 e. The molecular formula is C11H14BrN5O. The molecule has 96 valence electrons. The number of aliphatic hydroxyl groups excluding tert-OH is 1. The summed E-state index contributed by atoms with van der Waals surface area (Å²) in [4.78, 5) is 10.8. The van der Waals surface area contributed by atoms with Crippen molar-refractivity contribution in [2.45, 2.75) is 18.9 Å². The van der Waals surface area contributed by atoms with Gasteiger partial charge in [-0.05, 0) is 28.8 Å². The Balaban J connectivity index is 2.17. The van der Waals surface area contributed by atoms with Crippen LogP contribution in [0.25, 0.3) is 11.0 Å². The number of rotatable bonds is 2. The summed E-state index contributed by atoms with van der Waals surface area (Å²) in [7, 11) is 1.86. The smallest absolute Gasteiger partial charge is 0.164 e. The van der Waals surface area contributed by atoms with E-state index in [0.717, 1.165) is 40.8 Å². The lowest BCUT2D eigenvalue weighted by molar-refractivity contribution is 0.266. The van der Waals surface area contributed by atoms with Crippen LogP contribution >= 0.6 is 15.9 Å². The van der Waals surface area contributed by atoms with Gasteiger partial charge in [0.25, 0.3) is 0 Å². The van der Waals surface area contributed by atoms with Gasteiger partial charge in [0.2, 0.25) is 0 Å². The van der Waals surface area contributed by atoms with Crippen molar-refractivity contribution in [3.63, 3.8) is 0 Å². The summed E-state index contributed by atoms with van der Waals surface area (Å²) >= 11 is 3.46. The minimum Gasteiger partial charge on any atom is -0.394 e.